The predicted octanol–water partition coefficient (Wildman–Crippen LogP) is 5.23. The number of alkyl halides is 1. The highest BCUT2D eigenvalue weighted by molar-refractivity contribution is 5.83. The minimum Gasteiger partial charge on any atom is -0.459 e. The molecule has 0 fully saturated rings. The highest BCUT2D eigenvalue weighted by Gasteiger charge is 2.02. The molecule has 0 aliphatic heterocycles. The van der Waals surface area contributed by atoms with Crippen molar-refractivity contribution in [3.63, 3.8) is 0 Å². The summed E-state index contributed by atoms with van der Waals surface area (Å²) in [6, 6.07) is 23.4. The molecule has 0 radical (unpaired) electrons. The Labute approximate surface area is 123 Å². The number of hydrogen-bond donors (Lipinski definition) is 0. The normalized spacial score (nSPS) is 11.6. The molecule has 3 aromatic carbocycles. The van der Waals surface area contributed by atoms with Crippen molar-refractivity contribution < 1.29 is 9.13 Å². The molecule has 3 aromatic rings. The Morgan fingerprint density at radius 2 is 1.57 bits per heavy atom. The van der Waals surface area contributed by atoms with E-state index in [1.165, 1.54) is 0 Å². The van der Waals surface area contributed by atoms with Crippen LogP contribution in [0.5, 0.6) is 5.75 Å². The van der Waals surface area contributed by atoms with E-state index in [1.807, 2.05) is 72.8 Å². The van der Waals surface area contributed by atoms with Crippen LogP contribution < -0.4 is 4.74 Å². The number of rotatable bonds is 4. The first-order chi connectivity index (χ1) is 10.3. The number of ether oxygens (including phenoxy) is 1. The third-order valence-electron chi connectivity index (χ3n) is 3.23. The van der Waals surface area contributed by atoms with E-state index in [2.05, 4.69) is 0 Å². The fraction of sp³-hybridized carbons (Fsp3) is 0.0526. The highest BCUT2D eigenvalue weighted by Crippen LogP contribution is 2.23. The number of benzene rings is 3. The minimum atomic E-state index is -0.637. The first kappa shape index (κ1) is 13.4. The highest BCUT2D eigenvalue weighted by atomic mass is 19.1. The number of allylic oxidation sites excluding steroid dienone is 1. The lowest BCUT2D eigenvalue weighted by atomic mass is 10.1. The Morgan fingerprint density at radius 1 is 0.857 bits per heavy atom. The Bertz CT molecular complexity index is 763. The van der Waals surface area contributed by atoms with E-state index in [9.17, 15) is 4.39 Å². The summed E-state index contributed by atoms with van der Waals surface area (Å²) >= 11 is 0. The smallest absolute Gasteiger partial charge is 0.147 e. The average Bonchev–Trinajstić information content (AvgIpc) is 2.55. The van der Waals surface area contributed by atoms with Crippen LogP contribution in [0.3, 0.4) is 0 Å². The summed E-state index contributed by atoms with van der Waals surface area (Å²) in [5.41, 5.74) is 0.922. The van der Waals surface area contributed by atoms with E-state index >= 15 is 0 Å². The zero-order valence-electron chi connectivity index (χ0n) is 11.5. The molecule has 0 aliphatic carbocycles. The monoisotopic (exact) mass is 278 g/mol. The van der Waals surface area contributed by atoms with Gasteiger partial charge in [-0.25, -0.2) is 4.39 Å². The van der Waals surface area contributed by atoms with Gasteiger partial charge in [0, 0.05) is 0 Å². The topological polar surface area (TPSA) is 9.23 Å². The van der Waals surface area contributed by atoms with Gasteiger partial charge in [-0.1, -0.05) is 60.7 Å². The first-order valence-corrected chi connectivity index (χ1v) is 6.83. The molecule has 0 aliphatic rings. The molecule has 3 rings (SSSR count). The summed E-state index contributed by atoms with van der Waals surface area (Å²) in [7, 11) is 0. The SMILES string of the molecule is FC/C(=C/c1ccccc1)Oc1ccc2ccccc2c1. The zero-order chi connectivity index (χ0) is 14.5. The third-order valence-corrected chi connectivity index (χ3v) is 3.23. The Balaban J connectivity index is 1.87. The van der Waals surface area contributed by atoms with Gasteiger partial charge in [-0.15, -0.1) is 0 Å². The largest absolute Gasteiger partial charge is 0.459 e. The second-order valence-electron chi connectivity index (χ2n) is 4.77. The van der Waals surface area contributed by atoms with Crippen molar-refractivity contribution in [2.75, 3.05) is 6.67 Å². The summed E-state index contributed by atoms with van der Waals surface area (Å²) in [6.45, 7) is -0.637. The van der Waals surface area contributed by atoms with E-state index in [1.54, 1.807) is 6.08 Å². The zero-order valence-corrected chi connectivity index (χ0v) is 11.5. The number of hydrogen-bond acceptors (Lipinski definition) is 1. The molecule has 2 heteroatoms. The summed E-state index contributed by atoms with van der Waals surface area (Å²) in [5.74, 6) is 0.949. The lowest BCUT2D eigenvalue weighted by molar-refractivity contribution is 0.363. The van der Waals surface area contributed by atoms with Gasteiger partial charge in [0.15, 0.2) is 0 Å². The van der Waals surface area contributed by atoms with Gasteiger partial charge in [0.25, 0.3) is 0 Å². The molecule has 0 bridgehead atoms. The molecular weight excluding hydrogens is 263 g/mol. The Kier molecular flexibility index (Phi) is 3.97. The molecule has 0 amide bonds. The van der Waals surface area contributed by atoms with Crippen LogP contribution in [0.25, 0.3) is 16.8 Å². The molecule has 0 aromatic heterocycles. The second-order valence-corrected chi connectivity index (χ2v) is 4.77. The van der Waals surface area contributed by atoms with Crippen LogP contribution in [0.4, 0.5) is 4.39 Å². The maximum Gasteiger partial charge on any atom is 0.147 e. The number of fused-ring (bicyclic) bond motifs is 1. The lowest BCUT2D eigenvalue weighted by Crippen LogP contribution is -1.97. The van der Waals surface area contributed by atoms with Gasteiger partial charge in [-0.2, -0.15) is 0 Å². The number of halogens is 1. The molecule has 0 heterocycles. The average molecular weight is 278 g/mol. The van der Waals surface area contributed by atoms with Crippen molar-refractivity contribution in [3.05, 3.63) is 84.1 Å². The molecule has 0 saturated heterocycles. The maximum absolute atomic E-state index is 13.1. The van der Waals surface area contributed by atoms with Crippen molar-refractivity contribution in [1.82, 2.24) is 0 Å². The van der Waals surface area contributed by atoms with E-state index in [4.69, 9.17) is 4.74 Å². The van der Waals surface area contributed by atoms with Crippen LogP contribution in [0.1, 0.15) is 5.56 Å². The predicted molar refractivity (Wildman–Crippen MR) is 85.0 cm³/mol. The van der Waals surface area contributed by atoms with E-state index in [0.29, 0.717) is 11.5 Å². The molecular formula is C19H15FO. The lowest BCUT2D eigenvalue weighted by Gasteiger charge is -2.08. The molecule has 0 atom stereocenters. The van der Waals surface area contributed by atoms with Crippen LogP contribution in [-0.4, -0.2) is 6.67 Å². The van der Waals surface area contributed by atoms with Crippen molar-refractivity contribution >= 4 is 16.8 Å². The van der Waals surface area contributed by atoms with Crippen LogP contribution in [0.15, 0.2) is 78.6 Å². The van der Waals surface area contributed by atoms with Gasteiger partial charge in [0.05, 0.1) is 0 Å². The van der Waals surface area contributed by atoms with Crippen LogP contribution in [0, 0.1) is 0 Å². The summed E-state index contributed by atoms with van der Waals surface area (Å²) in [6.07, 6.45) is 1.72. The summed E-state index contributed by atoms with van der Waals surface area (Å²) < 4.78 is 18.8. The first-order valence-electron chi connectivity index (χ1n) is 6.83. The van der Waals surface area contributed by atoms with Crippen LogP contribution >= 0.6 is 0 Å². The van der Waals surface area contributed by atoms with Crippen molar-refractivity contribution in [1.29, 1.82) is 0 Å². The van der Waals surface area contributed by atoms with Gasteiger partial charge < -0.3 is 4.74 Å². The summed E-state index contributed by atoms with van der Waals surface area (Å²) in [5, 5.41) is 2.21. The molecule has 0 spiro atoms. The minimum absolute atomic E-state index is 0.302. The van der Waals surface area contributed by atoms with E-state index in [0.717, 1.165) is 16.3 Å². The Hall–Kier alpha value is -2.61. The van der Waals surface area contributed by atoms with Crippen LogP contribution in [-0.2, 0) is 0 Å². The van der Waals surface area contributed by atoms with Gasteiger partial charge >= 0.3 is 0 Å². The van der Waals surface area contributed by atoms with Crippen molar-refractivity contribution in [2.45, 2.75) is 0 Å². The van der Waals surface area contributed by atoms with Gasteiger partial charge in [-0.05, 0) is 34.5 Å². The fourth-order valence-electron chi connectivity index (χ4n) is 2.21. The second kappa shape index (κ2) is 6.23. The van der Waals surface area contributed by atoms with Crippen molar-refractivity contribution in [3.8, 4) is 5.75 Å². The van der Waals surface area contributed by atoms with Gasteiger partial charge in [0.1, 0.15) is 18.2 Å². The Morgan fingerprint density at radius 3 is 2.33 bits per heavy atom. The molecule has 104 valence electrons. The fourth-order valence-corrected chi connectivity index (χ4v) is 2.21. The van der Waals surface area contributed by atoms with E-state index < -0.39 is 6.67 Å². The van der Waals surface area contributed by atoms with Crippen molar-refractivity contribution in [2.24, 2.45) is 0 Å². The van der Waals surface area contributed by atoms with Gasteiger partial charge in [0.2, 0.25) is 0 Å². The maximum atomic E-state index is 13.1. The molecule has 0 saturated carbocycles. The third kappa shape index (κ3) is 3.29. The molecule has 0 unspecified atom stereocenters. The summed E-state index contributed by atoms with van der Waals surface area (Å²) in [4.78, 5) is 0. The standard InChI is InChI=1S/C19H15FO/c20-14-19(12-15-6-2-1-3-7-15)21-18-11-10-16-8-4-5-9-17(16)13-18/h1-13H,14H2/b19-12-. The van der Waals surface area contributed by atoms with E-state index in [-0.39, 0.29) is 0 Å². The van der Waals surface area contributed by atoms with Gasteiger partial charge in [-0.3, -0.25) is 0 Å². The molecule has 1 nitrogen and oxygen atoms in total. The molecule has 0 N–H and O–H groups in total. The quantitative estimate of drug-likeness (QED) is 0.594. The molecule has 21 heavy (non-hydrogen) atoms. The van der Waals surface area contributed by atoms with Crippen LogP contribution in [0.2, 0.25) is 0 Å².